The largest absolute Gasteiger partial charge is 0.414 e. The van der Waals surface area contributed by atoms with Gasteiger partial charge in [-0.3, -0.25) is 0 Å². The zero-order chi connectivity index (χ0) is 11.5. The third-order valence-corrected chi connectivity index (χ3v) is 4.09. The molecule has 15 heavy (non-hydrogen) atoms. The molecule has 0 saturated heterocycles. The van der Waals surface area contributed by atoms with Crippen molar-refractivity contribution in [2.24, 2.45) is 5.92 Å². The van der Waals surface area contributed by atoms with Crippen LogP contribution < -0.4 is 0 Å². The first-order valence-corrected chi connectivity index (χ1v) is 9.63. The Morgan fingerprint density at radius 3 is 2.53 bits per heavy atom. The highest BCUT2D eigenvalue weighted by molar-refractivity contribution is 6.69. The van der Waals surface area contributed by atoms with Gasteiger partial charge >= 0.3 is 0 Å². The molecule has 0 aromatic heterocycles. The summed E-state index contributed by atoms with van der Waals surface area (Å²) in [6.45, 7) is 11.5. The number of hydrogen-bond acceptors (Lipinski definition) is 1. The predicted molar refractivity (Wildman–Crippen MR) is 69.6 cm³/mol. The maximum Gasteiger partial charge on any atom is 0.184 e. The van der Waals surface area contributed by atoms with Gasteiger partial charge in [0.05, 0.1) is 0 Å². The van der Waals surface area contributed by atoms with Crippen LogP contribution in [0.2, 0.25) is 19.6 Å². The van der Waals surface area contributed by atoms with Gasteiger partial charge in [-0.25, -0.2) is 0 Å². The van der Waals surface area contributed by atoms with Crippen LogP contribution in [0.3, 0.4) is 0 Å². The monoisotopic (exact) mass is 226 g/mol. The fourth-order valence-electron chi connectivity index (χ4n) is 2.16. The SMILES string of the molecule is C/C1=C/CCC(C)C(O[Si](C)(C)C)CC1. The lowest BCUT2D eigenvalue weighted by Gasteiger charge is -2.32. The average molecular weight is 226 g/mol. The molecule has 1 nitrogen and oxygen atoms in total. The van der Waals surface area contributed by atoms with Crippen molar-refractivity contribution in [3.63, 3.8) is 0 Å². The van der Waals surface area contributed by atoms with Gasteiger partial charge in [0.25, 0.3) is 0 Å². The van der Waals surface area contributed by atoms with Crippen LogP contribution in [0.15, 0.2) is 11.6 Å². The molecule has 0 bridgehead atoms. The molecule has 0 heterocycles. The minimum Gasteiger partial charge on any atom is -0.414 e. The first-order chi connectivity index (χ1) is 6.88. The predicted octanol–water partition coefficient (Wildman–Crippen LogP) is 4.36. The fourth-order valence-corrected chi connectivity index (χ4v) is 3.42. The normalized spacial score (nSPS) is 32.7. The summed E-state index contributed by atoms with van der Waals surface area (Å²) in [5.74, 6) is 0.723. The maximum absolute atomic E-state index is 6.29. The molecule has 0 aromatic carbocycles. The van der Waals surface area contributed by atoms with E-state index in [0.717, 1.165) is 5.92 Å². The van der Waals surface area contributed by atoms with E-state index in [1.807, 2.05) is 0 Å². The van der Waals surface area contributed by atoms with Crippen molar-refractivity contribution in [1.82, 2.24) is 0 Å². The van der Waals surface area contributed by atoms with Gasteiger partial charge < -0.3 is 4.43 Å². The van der Waals surface area contributed by atoms with E-state index in [1.165, 1.54) is 25.7 Å². The van der Waals surface area contributed by atoms with Crippen LogP contribution in [-0.4, -0.2) is 14.4 Å². The Hall–Kier alpha value is -0.0831. The van der Waals surface area contributed by atoms with Gasteiger partial charge in [0.2, 0.25) is 0 Å². The van der Waals surface area contributed by atoms with Gasteiger partial charge in [-0.1, -0.05) is 18.6 Å². The van der Waals surface area contributed by atoms with Crippen molar-refractivity contribution >= 4 is 8.32 Å². The quantitative estimate of drug-likeness (QED) is 0.502. The van der Waals surface area contributed by atoms with Gasteiger partial charge in [0, 0.05) is 6.10 Å². The van der Waals surface area contributed by atoms with Gasteiger partial charge in [-0.15, -0.1) is 0 Å². The summed E-state index contributed by atoms with van der Waals surface area (Å²) in [7, 11) is -1.37. The minimum absolute atomic E-state index is 0.500. The molecule has 0 amide bonds. The lowest BCUT2D eigenvalue weighted by atomic mass is 9.91. The summed E-state index contributed by atoms with van der Waals surface area (Å²) in [4.78, 5) is 0. The Balaban J connectivity index is 2.58. The Kier molecular flexibility index (Phi) is 4.59. The Labute approximate surface area is 96.0 Å². The number of rotatable bonds is 2. The van der Waals surface area contributed by atoms with E-state index in [4.69, 9.17) is 4.43 Å². The highest BCUT2D eigenvalue weighted by Gasteiger charge is 2.25. The molecule has 0 radical (unpaired) electrons. The molecule has 0 fully saturated rings. The van der Waals surface area contributed by atoms with E-state index in [1.54, 1.807) is 5.57 Å². The zero-order valence-electron chi connectivity index (χ0n) is 11.0. The molecule has 0 N–H and O–H groups in total. The number of allylic oxidation sites excluding steroid dienone is 2. The Bertz CT molecular complexity index is 227. The standard InChI is InChI=1S/C13H26OSi/c1-11-7-6-8-12(2)13(10-9-11)14-15(3,4)5/h7,12-13H,6,8-10H2,1-5H3/b11-7-. The van der Waals surface area contributed by atoms with Gasteiger partial charge in [-0.2, -0.15) is 0 Å². The molecule has 0 saturated carbocycles. The molecule has 1 rings (SSSR count). The van der Waals surface area contributed by atoms with Gasteiger partial charge in [-0.05, 0) is 58.2 Å². The van der Waals surface area contributed by atoms with E-state index in [9.17, 15) is 0 Å². The van der Waals surface area contributed by atoms with E-state index >= 15 is 0 Å². The molecule has 88 valence electrons. The van der Waals surface area contributed by atoms with Gasteiger partial charge in [0.15, 0.2) is 8.32 Å². The lowest BCUT2D eigenvalue weighted by molar-refractivity contribution is 0.120. The fraction of sp³-hybridized carbons (Fsp3) is 0.846. The van der Waals surface area contributed by atoms with Crippen LogP contribution in [0.1, 0.15) is 39.5 Å². The number of hydrogen-bond donors (Lipinski definition) is 0. The van der Waals surface area contributed by atoms with Crippen LogP contribution in [0.4, 0.5) is 0 Å². The summed E-state index contributed by atoms with van der Waals surface area (Å²) < 4.78 is 6.29. The van der Waals surface area contributed by atoms with Crippen LogP contribution in [0, 0.1) is 5.92 Å². The molecule has 2 atom stereocenters. The van der Waals surface area contributed by atoms with Crippen molar-refractivity contribution < 1.29 is 4.43 Å². The van der Waals surface area contributed by atoms with Crippen LogP contribution >= 0.6 is 0 Å². The van der Waals surface area contributed by atoms with Crippen molar-refractivity contribution in [2.45, 2.75) is 65.3 Å². The topological polar surface area (TPSA) is 9.23 Å². The van der Waals surface area contributed by atoms with Crippen LogP contribution in [0.25, 0.3) is 0 Å². The Morgan fingerprint density at radius 1 is 1.27 bits per heavy atom. The van der Waals surface area contributed by atoms with Crippen LogP contribution in [-0.2, 0) is 4.43 Å². The third kappa shape index (κ3) is 4.98. The second-order valence-corrected chi connectivity index (χ2v) is 10.4. The summed E-state index contributed by atoms with van der Waals surface area (Å²) in [5.41, 5.74) is 1.55. The molecule has 1 aliphatic carbocycles. The van der Waals surface area contributed by atoms with Crippen molar-refractivity contribution in [1.29, 1.82) is 0 Å². The molecular weight excluding hydrogens is 200 g/mol. The highest BCUT2D eigenvalue weighted by atomic mass is 28.4. The lowest BCUT2D eigenvalue weighted by Crippen LogP contribution is -2.35. The first-order valence-electron chi connectivity index (χ1n) is 6.22. The molecular formula is C13H26OSi. The second kappa shape index (κ2) is 5.31. The Morgan fingerprint density at radius 2 is 1.93 bits per heavy atom. The smallest absolute Gasteiger partial charge is 0.184 e. The van der Waals surface area contributed by atoms with Crippen molar-refractivity contribution in [3.05, 3.63) is 11.6 Å². The average Bonchev–Trinajstić information content (AvgIpc) is 2.08. The van der Waals surface area contributed by atoms with E-state index in [0.29, 0.717) is 6.10 Å². The molecule has 2 unspecified atom stereocenters. The summed E-state index contributed by atoms with van der Waals surface area (Å²) in [6, 6.07) is 0. The van der Waals surface area contributed by atoms with E-state index in [-0.39, 0.29) is 0 Å². The molecule has 0 spiro atoms. The molecule has 0 aromatic rings. The summed E-state index contributed by atoms with van der Waals surface area (Å²) >= 11 is 0. The minimum atomic E-state index is -1.37. The second-order valence-electron chi connectivity index (χ2n) is 5.91. The van der Waals surface area contributed by atoms with E-state index < -0.39 is 8.32 Å². The molecule has 1 aliphatic rings. The highest BCUT2D eigenvalue weighted by Crippen LogP contribution is 2.26. The first kappa shape index (κ1) is 13.0. The van der Waals surface area contributed by atoms with Gasteiger partial charge in [0.1, 0.15) is 0 Å². The molecule has 2 heteroatoms. The zero-order valence-corrected chi connectivity index (χ0v) is 12.0. The van der Waals surface area contributed by atoms with Crippen molar-refractivity contribution in [2.75, 3.05) is 0 Å². The summed E-state index contributed by atoms with van der Waals surface area (Å²) in [5, 5.41) is 0. The maximum atomic E-state index is 6.29. The van der Waals surface area contributed by atoms with E-state index in [2.05, 4.69) is 39.6 Å². The van der Waals surface area contributed by atoms with Crippen LogP contribution in [0.5, 0.6) is 0 Å². The molecule has 0 aliphatic heterocycles. The third-order valence-electron chi connectivity index (χ3n) is 3.08. The van der Waals surface area contributed by atoms with Crippen molar-refractivity contribution in [3.8, 4) is 0 Å². The summed E-state index contributed by atoms with van der Waals surface area (Å²) in [6.07, 6.45) is 7.86.